The molecule has 0 aromatic heterocycles. The van der Waals surface area contributed by atoms with Gasteiger partial charge in [-0.3, -0.25) is 0 Å². The number of likely N-dealkylation sites (N-methyl/N-ethyl adjacent to an activating group) is 1. The van der Waals surface area contributed by atoms with Crippen molar-refractivity contribution in [3.8, 4) is 0 Å². The summed E-state index contributed by atoms with van der Waals surface area (Å²) in [6, 6.07) is 0.555. The van der Waals surface area contributed by atoms with Gasteiger partial charge in [-0.25, -0.2) is 0 Å². The van der Waals surface area contributed by atoms with Gasteiger partial charge in [0.2, 0.25) is 0 Å². The van der Waals surface area contributed by atoms with E-state index < -0.39 is 6.10 Å². The minimum Gasteiger partial charge on any atom is -0.389 e. The monoisotopic (exact) mass is 248 g/mol. The lowest BCUT2D eigenvalue weighted by molar-refractivity contribution is 0.0137. The van der Waals surface area contributed by atoms with Crippen LogP contribution < -0.4 is 5.32 Å². The molecule has 0 aromatic carbocycles. The van der Waals surface area contributed by atoms with Crippen LogP contribution >= 0.6 is 0 Å². The number of nitrogens with one attached hydrogen (secondary N) is 1. The molecule has 2 N–H and O–H groups in total. The van der Waals surface area contributed by atoms with E-state index in [0.29, 0.717) is 32.4 Å². The summed E-state index contributed by atoms with van der Waals surface area (Å²) in [7, 11) is 3.73. The largest absolute Gasteiger partial charge is 0.389 e. The molecule has 0 heterocycles. The molecule has 0 aromatic rings. The van der Waals surface area contributed by atoms with E-state index in [1.54, 1.807) is 7.11 Å². The molecule has 0 rings (SSSR count). The molecule has 0 bridgehead atoms. The predicted molar refractivity (Wildman–Crippen MR) is 69.3 cm³/mol. The van der Waals surface area contributed by atoms with Gasteiger partial charge in [-0.15, -0.1) is 0 Å². The number of hydrogen-bond acceptors (Lipinski definition) is 5. The molecule has 1 unspecified atom stereocenters. The van der Waals surface area contributed by atoms with Gasteiger partial charge in [-0.2, -0.15) is 0 Å². The average molecular weight is 248 g/mol. The van der Waals surface area contributed by atoms with Crippen molar-refractivity contribution < 1.29 is 14.6 Å². The highest BCUT2D eigenvalue weighted by Crippen LogP contribution is 1.91. The van der Waals surface area contributed by atoms with Crippen molar-refractivity contribution in [2.75, 3.05) is 53.6 Å². The maximum absolute atomic E-state index is 9.58. The minimum absolute atomic E-state index is 0.358. The number of hydrogen-bond donors (Lipinski definition) is 2. The van der Waals surface area contributed by atoms with Crippen LogP contribution in [0.5, 0.6) is 0 Å². The quantitative estimate of drug-likeness (QED) is 0.502. The summed E-state index contributed by atoms with van der Waals surface area (Å²) in [5.41, 5.74) is 0. The number of rotatable bonds is 11. The van der Waals surface area contributed by atoms with Gasteiger partial charge in [-0.1, -0.05) is 0 Å². The topological polar surface area (TPSA) is 54.0 Å². The van der Waals surface area contributed by atoms with Crippen LogP contribution in [0.4, 0.5) is 0 Å². The van der Waals surface area contributed by atoms with Crippen molar-refractivity contribution in [1.29, 1.82) is 0 Å². The van der Waals surface area contributed by atoms with Gasteiger partial charge in [0.05, 0.1) is 25.9 Å². The van der Waals surface area contributed by atoms with Crippen molar-refractivity contribution in [3.05, 3.63) is 0 Å². The van der Waals surface area contributed by atoms with E-state index in [9.17, 15) is 5.11 Å². The van der Waals surface area contributed by atoms with Gasteiger partial charge in [0.1, 0.15) is 0 Å². The van der Waals surface area contributed by atoms with E-state index in [4.69, 9.17) is 9.47 Å². The maximum atomic E-state index is 9.58. The third-order valence-corrected chi connectivity index (χ3v) is 2.64. The summed E-state index contributed by atoms with van der Waals surface area (Å²) < 4.78 is 10.1. The Morgan fingerprint density at radius 1 is 1.29 bits per heavy atom. The van der Waals surface area contributed by atoms with E-state index in [-0.39, 0.29) is 0 Å². The van der Waals surface area contributed by atoms with Gasteiger partial charge < -0.3 is 24.8 Å². The first-order valence-corrected chi connectivity index (χ1v) is 6.23. The van der Waals surface area contributed by atoms with Gasteiger partial charge in [0.25, 0.3) is 0 Å². The highest BCUT2D eigenvalue weighted by Gasteiger charge is 2.05. The Labute approximate surface area is 105 Å². The SMILES string of the molecule is COCCOCC(O)CNCCN(C)C(C)C. The first-order chi connectivity index (χ1) is 8.07. The molecule has 0 fully saturated rings. The second-order valence-corrected chi connectivity index (χ2v) is 4.50. The summed E-state index contributed by atoms with van der Waals surface area (Å²) >= 11 is 0. The molecular weight excluding hydrogens is 220 g/mol. The summed E-state index contributed by atoms with van der Waals surface area (Å²) in [4.78, 5) is 2.26. The summed E-state index contributed by atoms with van der Waals surface area (Å²) in [6.45, 7) is 8.22. The molecule has 0 aliphatic rings. The van der Waals surface area contributed by atoms with Crippen molar-refractivity contribution in [3.63, 3.8) is 0 Å². The van der Waals surface area contributed by atoms with Crippen LogP contribution in [-0.4, -0.2) is 75.8 Å². The zero-order valence-corrected chi connectivity index (χ0v) is 11.6. The standard InChI is InChI=1S/C12H28N2O3/c1-11(2)14(3)6-5-13-9-12(15)10-17-8-7-16-4/h11-13,15H,5-10H2,1-4H3. The molecule has 5 nitrogen and oxygen atoms in total. The lowest BCUT2D eigenvalue weighted by Crippen LogP contribution is -2.37. The molecule has 0 radical (unpaired) electrons. The fraction of sp³-hybridized carbons (Fsp3) is 1.00. The lowest BCUT2D eigenvalue weighted by atomic mass is 10.3. The van der Waals surface area contributed by atoms with E-state index in [1.165, 1.54) is 0 Å². The molecule has 0 aliphatic carbocycles. The van der Waals surface area contributed by atoms with Crippen molar-refractivity contribution in [1.82, 2.24) is 10.2 Å². The molecule has 0 saturated heterocycles. The molecule has 1 atom stereocenters. The number of nitrogens with zero attached hydrogens (tertiary/aromatic N) is 1. The third kappa shape index (κ3) is 10.7. The first kappa shape index (κ1) is 16.8. The van der Waals surface area contributed by atoms with Crippen molar-refractivity contribution >= 4 is 0 Å². The normalized spacial score (nSPS) is 13.6. The summed E-state index contributed by atoms with van der Waals surface area (Å²) in [6.07, 6.45) is -0.448. The van der Waals surface area contributed by atoms with Gasteiger partial charge in [0, 0.05) is 32.8 Å². The molecule has 0 spiro atoms. The van der Waals surface area contributed by atoms with E-state index in [1.807, 2.05) is 0 Å². The zero-order chi connectivity index (χ0) is 13.1. The Balaban J connectivity index is 3.30. The first-order valence-electron chi connectivity index (χ1n) is 6.23. The van der Waals surface area contributed by atoms with Crippen LogP contribution in [0.15, 0.2) is 0 Å². The highest BCUT2D eigenvalue weighted by molar-refractivity contribution is 4.62. The Kier molecular flexibility index (Phi) is 10.8. The Morgan fingerprint density at radius 3 is 2.59 bits per heavy atom. The number of ether oxygens (including phenoxy) is 2. The highest BCUT2D eigenvalue weighted by atomic mass is 16.5. The average Bonchev–Trinajstić information content (AvgIpc) is 2.29. The Morgan fingerprint density at radius 2 is 2.00 bits per heavy atom. The van der Waals surface area contributed by atoms with Crippen LogP contribution in [0, 0.1) is 0 Å². The molecule has 5 heteroatoms. The summed E-state index contributed by atoms with van der Waals surface area (Å²) in [5.74, 6) is 0. The maximum Gasteiger partial charge on any atom is 0.0897 e. The smallest absolute Gasteiger partial charge is 0.0897 e. The van der Waals surface area contributed by atoms with Gasteiger partial charge >= 0.3 is 0 Å². The predicted octanol–water partition coefficient (Wildman–Crippen LogP) is -0.0599. The second kappa shape index (κ2) is 10.9. The van der Waals surface area contributed by atoms with Gasteiger partial charge in [0.15, 0.2) is 0 Å². The molecule has 104 valence electrons. The molecule has 17 heavy (non-hydrogen) atoms. The van der Waals surface area contributed by atoms with Crippen molar-refractivity contribution in [2.45, 2.75) is 26.0 Å². The van der Waals surface area contributed by atoms with E-state index >= 15 is 0 Å². The van der Waals surface area contributed by atoms with Crippen LogP contribution in [-0.2, 0) is 9.47 Å². The van der Waals surface area contributed by atoms with Gasteiger partial charge in [-0.05, 0) is 20.9 Å². The Hall–Kier alpha value is -0.200. The zero-order valence-electron chi connectivity index (χ0n) is 11.6. The third-order valence-electron chi connectivity index (χ3n) is 2.64. The molecular formula is C12H28N2O3. The summed E-state index contributed by atoms with van der Waals surface area (Å²) in [5, 5.41) is 12.8. The fourth-order valence-corrected chi connectivity index (χ4v) is 1.20. The molecule has 0 saturated carbocycles. The minimum atomic E-state index is -0.448. The molecule has 0 aliphatic heterocycles. The number of aliphatic hydroxyl groups is 1. The van der Waals surface area contributed by atoms with Crippen LogP contribution in [0.25, 0.3) is 0 Å². The van der Waals surface area contributed by atoms with Crippen LogP contribution in [0.3, 0.4) is 0 Å². The van der Waals surface area contributed by atoms with E-state index in [0.717, 1.165) is 13.1 Å². The fourth-order valence-electron chi connectivity index (χ4n) is 1.20. The van der Waals surface area contributed by atoms with Crippen LogP contribution in [0.1, 0.15) is 13.8 Å². The second-order valence-electron chi connectivity index (χ2n) is 4.50. The molecule has 0 amide bonds. The number of methoxy groups -OCH3 is 1. The Bertz CT molecular complexity index is 168. The lowest BCUT2D eigenvalue weighted by Gasteiger charge is -2.21. The van der Waals surface area contributed by atoms with E-state index in [2.05, 4.69) is 31.1 Å². The number of aliphatic hydroxyl groups excluding tert-OH is 1. The van der Waals surface area contributed by atoms with Crippen LogP contribution in [0.2, 0.25) is 0 Å². The van der Waals surface area contributed by atoms with Crippen molar-refractivity contribution in [2.24, 2.45) is 0 Å².